The molecule has 0 heterocycles. The number of hydrogen-bond donors (Lipinski definition) is 3. The second-order valence-corrected chi connectivity index (χ2v) is 6.28. The van der Waals surface area contributed by atoms with Crippen LogP contribution in [0, 0.1) is 6.92 Å². The number of halogens is 1. The Kier molecular flexibility index (Phi) is 6.91. The van der Waals surface area contributed by atoms with Crippen molar-refractivity contribution in [2.24, 2.45) is 0 Å². The molecule has 25 heavy (non-hydrogen) atoms. The average Bonchev–Trinajstić information content (AvgIpc) is 2.61. The third-order valence-electron chi connectivity index (χ3n) is 3.08. The molecule has 2 aromatic carbocycles. The number of benzene rings is 2. The van der Waals surface area contributed by atoms with Gasteiger partial charge < -0.3 is 4.74 Å². The highest BCUT2D eigenvalue weighted by Crippen LogP contribution is 2.21. The number of thiocarbonyl (C=S) groups is 1. The van der Waals surface area contributed by atoms with Crippen LogP contribution in [0.15, 0.2) is 53.0 Å². The molecule has 0 unspecified atom stereocenters. The number of nitrogens with one attached hydrogen (secondary N) is 3. The summed E-state index contributed by atoms with van der Waals surface area (Å²) in [7, 11) is 0. The summed E-state index contributed by atoms with van der Waals surface area (Å²) in [5.41, 5.74) is 6.27. The minimum absolute atomic E-state index is 0.0123. The van der Waals surface area contributed by atoms with Crippen molar-refractivity contribution in [2.45, 2.75) is 6.92 Å². The first kappa shape index (κ1) is 18.9. The lowest BCUT2D eigenvalue weighted by molar-refractivity contribution is -0.123. The molecule has 2 aromatic rings. The Morgan fingerprint density at radius 1 is 1.12 bits per heavy atom. The fourth-order valence-electron chi connectivity index (χ4n) is 1.81. The maximum atomic E-state index is 11.9. The van der Waals surface area contributed by atoms with Gasteiger partial charge in [-0.25, -0.2) is 0 Å². The number of hydrazine groups is 1. The molecule has 0 bridgehead atoms. The van der Waals surface area contributed by atoms with Crippen LogP contribution in [0.2, 0.25) is 0 Å². The number of carbonyl (C=O) groups is 2. The van der Waals surface area contributed by atoms with Gasteiger partial charge in [-0.1, -0.05) is 34.1 Å². The van der Waals surface area contributed by atoms with Gasteiger partial charge in [-0.15, -0.1) is 0 Å². The lowest BCUT2D eigenvalue weighted by Crippen LogP contribution is -2.49. The van der Waals surface area contributed by atoms with E-state index in [1.54, 1.807) is 36.4 Å². The van der Waals surface area contributed by atoms with E-state index in [-0.39, 0.29) is 17.6 Å². The SMILES string of the molecule is Cc1cc(OCC(=O)NNC(=S)NC(=O)c2ccccc2)ccc1Br. The highest BCUT2D eigenvalue weighted by atomic mass is 79.9. The maximum Gasteiger partial charge on any atom is 0.276 e. The molecular formula is C17H16BrN3O3S. The molecule has 0 aromatic heterocycles. The predicted octanol–water partition coefficient (Wildman–Crippen LogP) is 2.47. The monoisotopic (exact) mass is 421 g/mol. The Balaban J connectivity index is 1.73. The van der Waals surface area contributed by atoms with E-state index in [4.69, 9.17) is 17.0 Å². The van der Waals surface area contributed by atoms with Gasteiger partial charge in [0.25, 0.3) is 11.8 Å². The number of aryl methyl sites for hydroxylation is 1. The molecule has 3 N–H and O–H groups in total. The summed E-state index contributed by atoms with van der Waals surface area (Å²) >= 11 is 8.35. The minimum atomic E-state index is -0.433. The van der Waals surface area contributed by atoms with Gasteiger partial charge in [0.05, 0.1) is 0 Å². The third-order valence-corrected chi connectivity index (χ3v) is 4.17. The summed E-state index contributed by atoms with van der Waals surface area (Å²) in [6, 6.07) is 14.0. The molecule has 0 aliphatic rings. The van der Waals surface area contributed by atoms with Crippen molar-refractivity contribution in [3.63, 3.8) is 0 Å². The molecule has 0 saturated carbocycles. The summed E-state index contributed by atoms with van der Waals surface area (Å²) in [6.45, 7) is 1.73. The van der Waals surface area contributed by atoms with Gasteiger partial charge in [0.1, 0.15) is 5.75 Å². The van der Waals surface area contributed by atoms with Gasteiger partial charge >= 0.3 is 0 Å². The van der Waals surface area contributed by atoms with Gasteiger partial charge in [0.15, 0.2) is 11.7 Å². The van der Waals surface area contributed by atoms with E-state index < -0.39 is 5.91 Å². The molecule has 0 spiro atoms. The van der Waals surface area contributed by atoms with Crippen LogP contribution in [-0.4, -0.2) is 23.5 Å². The predicted molar refractivity (Wildman–Crippen MR) is 102 cm³/mol. The molecule has 2 rings (SSSR count). The summed E-state index contributed by atoms with van der Waals surface area (Å²) in [4.78, 5) is 23.6. The number of hydrogen-bond acceptors (Lipinski definition) is 4. The first-order chi connectivity index (χ1) is 12.0. The zero-order valence-corrected chi connectivity index (χ0v) is 15.7. The molecule has 0 radical (unpaired) electrons. The maximum absolute atomic E-state index is 11.9. The molecule has 130 valence electrons. The van der Waals surface area contributed by atoms with Gasteiger partial charge in [0, 0.05) is 10.0 Å². The van der Waals surface area contributed by atoms with E-state index in [1.807, 2.05) is 19.1 Å². The molecule has 8 heteroatoms. The van der Waals surface area contributed by atoms with E-state index in [0.717, 1.165) is 10.0 Å². The largest absolute Gasteiger partial charge is 0.484 e. The molecule has 0 fully saturated rings. The first-order valence-electron chi connectivity index (χ1n) is 7.30. The number of ether oxygens (including phenoxy) is 1. The molecule has 0 atom stereocenters. The van der Waals surface area contributed by atoms with Gasteiger partial charge in [0.2, 0.25) is 0 Å². The second-order valence-electron chi connectivity index (χ2n) is 5.02. The Hall–Kier alpha value is -2.45. The Labute approximate surface area is 159 Å². The van der Waals surface area contributed by atoms with Crippen LogP contribution in [-0.2, 0) is 4.79 Å². The van der Waals surface area contributed by atoms with E-state index >= 15 is 0 Å². The van der Waals surface area contributed by atoms with Crippen molar-refractivity contribution in [2.75, 3.05) is 6.61 Å². The molecular weight excluding hydrogens is 406 g/mol. The highest BCUT2D eigenvalue weighted by Gasteiger charge is 2.08. The lowest BCUT2D eigenvalue weighted by Gasteiger charge is -2.11. The van der Waals surface area contributed by atoms with Crippen molar-refractivity contribution < 1.29 is 14.3 Å². The summed E-state index contributed by atoms with van der Waals surface area (Å²) < 4.78 is 6.35. The summed E-state index contributed by atoms with van der Waals surface area (Å²) in [5.74, 6) is -0.221. The standard InChI is InChI=1S/C17H16BrN3O3S/c1-11-9-13(7-8-14(11)18)24-10-15(22)20-21-17(25)19-16(23)12-5-3-2-4-6-12/h2-9H,10H2,1H3,(H,20,22)(H2,19,21,23,25). The van der Waals surface area contributed by atoms with E-state index in [9.17, 15) is 9.59 Å². The average molecular weight is 422 g/mol. The summed E-state index contributed by atoms with van der Waals surface area (Å²) in [6.07, 6.45) is 0. The molecule has 6 nitrogen and oxygen atoms in total. The van der Waals surface area contributed by atoms with Crippen LogP contribution in [0.1, 0.15) is 15.9 Å². The van der Waals surface area contributed by atoms with Crippen LogP contribution in [0.25, 0.3) is 0 Å². The third kappa shape index (κ3) is 6.17. The number of amides is 2. The normalized spacial score (nSPS) is 9.84. The van der Waals surface area contributed by atoms with Crippen molar-refractivity contribution in [1.82, 2.24) is 16.2 Å². The molecule has 0 aliphatic carbocycles. The lowest BCUT2D eigenvalue weighted by atomic mass is 10.2. The zero-order chi connectivity index (χ0) is 18.2. The van der Waals surface area contributed by atoms with E-state index in [0.29, 0.717) is 11.3 Å². The second kappa shape index (κ2) is 9.14. The van der Waals surface area contributed by atoms with E-state index in [1.165, 1.54) is 0 Å². The first-order valence-corrected chi connectivity index (χ1v) is 8.50. The number of rotatable bonds is 4. The van der Waals surface area contributed by atoms with Gasteiger partial charge in [-0.2, -0.15) is 0 Å². The van der Waals surface area contributed by atoms with Crippen molar-refractivity contribution >= 4 is 45.1 Å². The quantitative estimate of drug-likeness (QED) is 0.521. The fourth-order valence-corrected chi connectivity index (χ4v) is 2.20. The van der Waals surface area contributed by atoms with Crippen LogP contribution in [0.5, 0.6) is 5.75 Å². The van der Waals surface area contributed by atoms with Crippen molar-refractivity contribution in [3.05, 3.63) is 64.1 Å². The number of carbonyl (C=O) groups excluding carboxylic acids is 2. The van der Waals surface area contributed by atoms with Crippen LogP contribution < -0.4 is 20.9 Å². The Morgan fingerprint density at radius 3 is 2.52 bits per heavy atom. The molecule has 0 aliphatic heterocycles. The topological polar surface area (TPSA) is 79.5 Å². The smallest absolute Gasteiger partial charge is 0.276 e. The van der Waals surface area contributed by atoms with Crippen LogP contribution in [0.4, 0.5) is 0 Å². The van der Waals surface area contributed by atoms with Crippen LogP contribution in [0.3, 0.4) is 0 Å². The van der Waals surface area contributed by atoms with E-state index in [2.05, 4.69) is 32.1 Å². The van der Waals surface area contributed by atoms with Crippen molar-refractivity contribution in [3.8, 4) is 5.75 Å². The molecule has 2 amide bonds. The Bertz CT molecular complexity index is 784. The highest BCUT2D eigenvalue weighted by molar-refractivity contribution is 9.10. The van der Waals surface area contributed by atoms with Crippen molar-refractivity contribution in [1.29, 1.82) is 0 Å². The van der Waals surface area contributed by atoms with Gasteiger partial charge in [-0.05, 0) is 55.0 Å². The Morgan fingerprint density at radius 2 is 1.84 bits per heavy atom. The summed E-state index contributed by atoms with van der Waals surface area (Å²) in [5, 5.41) is 2.45. The van der Waals surface area contributed by atoms with Gasteiger partial charge in [-0.3, -0.25) is 25.8 Å². The van der Waals surface area contributed by atoms with Crippen LogP contribution >= 0.6 is 28.1 Å². The minimum Gasteiger partial charge on any atom is -0.484 e. The molecule has 0 saturated heterocycles. The fraction of sp³-hybridized carbons (Fsp3) is 0.118. The zero-order valence-electron chi connectivity index (χ0n) is 13.3.